The summed E-state index contributed by atoms with van der Waals surface area (Å²) in [6, 6.07) is 0.910. The van der Waals surface area contributed by atoms with Gasteiger partial charge in [0.05, 0.1) is 29.7 Å². The zero-order valence-corrected chi connectivity index (χ0v) is 19.9. The van der Waals surface area contributed by atoms with Crippen LogP contribution < -0.4 is 21.3 Å². The number of fused-ring (bicyclic) bond motifs is 1. The van der Waals surface area contributed by atoms with Crippen LogP contribution in [0.4, 0.5) is 0 Å². The van der Waals surface area contributed by atoms with E-state index in [9.17, 15) is 19.5 Å². The summed E-state index contributed by atoms with van der Waals surface area (Å²) >= 11 is 1.98. The molecule has 2 rings (SSSR count). The lowest BCUT2D eigenvalue weighted by Gasteiger charge is -2.32. The molecule has 2 fully saturated rings. The molecule has 0 radical (unpaired) electrons. The number of thioether (sulfide) groups is 1. The molecule has 0 bridgehead atoms. The normalized spacial score (nSPS) is 24.5. The molecule has 0 aromatic heterocycles. The third kappa shape index (κ3) is 7.33. The first-order valence-electron chi connectivity index (χ1n) is 11.1. The molecule has 2 heterocycles. The number of carboxylic acids is 1. The smallest absolute Gasteiger partial charge is 0.307 e. The summed E-state index contributed by atoms with van der Waals surface area (Å²) in [6.07, 6.45) is 3.38. The van der Waals surface area contributed by atoms with E-state index in [1.165, 1.54) is 0 Å². The number of aliphatic carboxylic acids is 1. The van der Waals surface area contributed by atoms with Gasteiger partial charge in [0, 0.05) is 30.5 Å². The van der Waals surface area contributed by atoms with Gasteiger partial charge in [-0.1, -0.05) is 40.7 Å². The van der Waals surface area contributed by atoms with Gasteiger partial charge in [0.25, 0.3) is 0 Å². The van der Waals surface area contributed by atoms with Crippen LogP contribution in [-0.2, 0) is 14.4 Å². The predicted octanol–water partition coefficient (Wildman–Crippen LogP) is 1.68. The number of carbonyl (C=O) groups excluding carboxylic acids is 2. The number of rotatable bonds is 11. The van der Waals surface area contributed by atoms with Crippen LogP contribution in [0.1, 0.15) is 53.4 Å². The van der Waals surface area contributed by atoms with E-state index in [1.54, 1.807) is 6.92 Å². The van der Waals surface area contributed by atoms with E-state index < -0.39 is 23.2 Å². The first kappa shape index (κ1) is 25.4. The molecule has 2 aliphatic heterocycles. The van der Waals surface area contributed by atoms with Gasteiger partial charge in [0.1, 0.15) is 0 Å². The van der Waals surface area contributed by atoms with Crippen molar-refractivity contribution in [3.63, 3.8) is 0 Å². The minimum absolute atomic E-state index is 0.0217. The summed E-state index contributed by atoms with van der Waals surface area (Å²) in [5, 5.41) is 22.2. The van der Waals surface area contributed by atoms with Crippen molar-refractivity contribution in [1.82, 2.24) is 21.3 Å². The second-order valence-electron chi connectivity index (χ2n) is 9.63. The fourth-order valence-electron chi connectivity index (χ4n) is 4.48. The standard InChI is InChI=1S/C22H38N4O4S/c1-13(21(29)30)18(22(3,4)5)20(28)24-11-10-23-17(27)9-7-6-8-16-19-15(12-31-16)25-14(2)26-19/h13,15-16,18-19,25-26H,2,6-12H2,1,3-5H3,(H,23,27)(H,24,28)(H,29,30). The molecule has 0 aromatic rings. The van der Waals surface area contributed by atoms with Gasteiger partial charge in [-0.2, -0.15) is 11.8 Å². The molecule has 5 atom stereocenters. The molecule has 0 saturated carbocycles. The molecular formula is C22H38N4O4S. The fraction of sp³-hybridized carbons (Fsp3) is 0.773. The molecule has 5 unspecified atom stereocenters. The van der Waals surface area contributed by atoms with E-state index in [1.807, 2.05) is 32.5 Å². The van der Waals surface area contributed by atoms with E-state index in [2.05, 4.69) is 27.8 Å². The Balaban J connectivity index is 1.60. The minimum atomic E-state index is -0.986. The molecule has 31 heavy (non-hydrogen) atoms. The third-order valence-electron chi connectivity index (χ3n) is 6.02. The van der Waals surface area contributed by atoms with E-state index in [0.717, 1.165) is 30.8 Å². The molecule has 2 amide bonds. The monoisotopic (exact) mass is 454 g/mol. The van der Waals surface area contributed by atoms with Crippen molar-refractivity contribution in [2.45, 2.75) is 70.7 Å². The average Bonchev–Trinajstić information content (AvgIpc) is 3.20. The van der Waals surface area contributed by atoms with Gasteiger partial charge in [0.15, 0.2) is 0 Å². The Hall–Kier alpha value is -1.90. The summed E-state index contributed by atoms with van der Waals surface area (Å²) in [6.45, 7) is 11.7. The van der Waals surface area contributed by atoms with Gasteiger partial charge in [-0.15, -0.1) is 0 Å². The largest absolute Gasteiger partial charge is 0.481 e. The SMILES string of the molecule is C=C1NC2CSC(CCCCC(=O)NCCNC(=O)C(C(C)C(=O)O)C(C)(C)C)C2N1. The molecule has 2 aliphatic rings. The highest BCUT2D eigenvalue weighted by atomic mass is 32.2. The highest BCUT2D eigenvalue weighted by Crippen LogP contribution is 2.34. The van der Waals surface area contributed by atoms with Crippen molar-refractivity contribution in [2.75, 3.05) is 18.8 Å². The van der Waals surface area contributed by atoms with Gasteiger partial charge >= 0.3 is 5.97 Å². The molecule has 9 heteroatoms. The highest BCUT2D eigenvalue weighted by molar-refractivity contribution is 8.00. The zero-order valence-electron chi connectivity index (χ0n) is 19.1. The average molecular weight is 455 g/mol. The lowest BCUT2D eigenvalue weighted by atomic mass is 9.73. The highest BCUT2D eigenvalue weighted by Gasteiger charge is 2.41. The van der Waals surface area contributed by atoms with Crippen LogP contribution in [-0.4, -0.2) is 59.1 Å². The third-order valence-corrected chi connectivity index (χ3v) is 7.53. The number of hydrogen-bond donors (Lipinski definition) is 5. The Morgan fingerprint density at radius 1 is 1.19 bits per heavy atom. The number of amides is 2. The van der Waals surface area contributed by atoms with Gasteiger partial charge in [-0.3, -0.25) is 14.4 Å². The second kappa shape index (κ2) is 11.1. The van der Waals surface area contributed by atoms with E-state index in [-0.39, 0.29) is 18.4 Å². The van der Waals surface area contributed by atoms with Crippen molar-refractivity contribution >= 4 is 29.5 Å². The quantitative estimate of drug-likeness (QED) is 0.301. The van der Waals surface area contributed by atoms with Crippen LogP contribution in [0.15, 0.2) is 12.4 Å². The topological polar surface area (TPSA) is 120 Å². The van der Waals surface area contributed by atoms with Crippen molar-refractivity contribution in [1.29, 1.82) is 0 Å². The Morgan fingerprint density at radius 2 is 1.87 bits per heavy atom. The first-order chi connectivity index (χ1) is 14.5. The summed E-state index contributed by atoms with van der Waals surface area (Å²) in [5.41, 5.74) is -0.472. The van der Waals surface area contributed by atoms with Crippen LogP contribution in [0.2, 0.25) is 0 Å². The van der Waals surface area contributed by atoms with Crippen molar-refractivity contribution in [3.8, 4) is 0 Å². The molecule has 2 saturated heterocycles. The van der Waals surface area contributed by atoms with Crippen molar-refractivity contribution < 1.29 is 19.5 Å². The van der Waals surface area contributed by atoms with Gasteiger partial charge in [-0.25, -0.2) is 0 Å². The first-order valence-corrected chi connectivity index (χ1v) is 12.2. The van der Waals surface area contributed by atoms with Crippen molar-refractivity contribution in [2.24, 2.45) is 17.3 Å². The molecule has 0 aromatic carbocycles. The Kier molecular flexibility index (Phi) is 9.09. The van der Waals surface area contributed by atoms with E-state index in [4.69, 9.17) is 0 Å². The zero-order chi connectivity index (χ0) is 23.2. The van der Waals surface area contributed by atoms with E-state index >= 15 is 0 Å². The molecule has 0 aliphatic carbocycles. The Labute approximate surface area is 189 Å². The molecule has 5 N–H and O–H groups in total. The number of hydrogen-bond acceptors (Lipinski definition) is 6. The lowest BCUT2D eigenvalue weighted by Crippen LogP contribution is -2.45. The maximum Gasteiger partial charge on any atom is 0.307 e. The summed E-state index contributed by atoms with van der Waals surface area (Å²) in [7, 11) is 0. The molecular weight excluding hydrogens is 416 g/mol. The van der Waals surface area contributed by atoms with Crippen molar-refractivity contribution in [3.05, 3.63) is 12.4 Å². The maximum atomic E-state index is 12.5. The van der Waals surface area contributed by atoms with Crippen LogP contribution in [0.5, 0.6) is 0 Å². The Morgan fingerprint density at radius 3 is 2.52 bits per heavy atom. The van der Waals surface area contributed by atoms with Gasteiger partial charge in [-0.05, 0) is 18.3 Å². The second-order valence-corrected chi connectivity index (χ2v) is 10.9. The predicted molar refractivity (Wildman–Crippen MR) is 123 cm³/mol. The van der Waals surface area contributed by atoms with Gasteiger partial charge < -0.3 is 26.4 Å². The van der Waals surface area contributed by atoms with Crippen LogP contribution in [0.25, 0.3) is 0 Å². The molecule has 0 spiro atoms. The maximum absolute atomic E-state index is 12.5. The Bertz CT molecular complexity index is 679. The summed E-state index contributed by atoms with van der Waals surface area (Å²) in [5.74, 6) is -0.716. The molecule has 176 valence electrons. The number of carbonyl (C=O) groups is 3. The number of nitrogens with one attached hydrogen (secondary N) is 4. The number of unbranched alkanes of at least 4 members (excludes halogenated alkanes) is 1. The number of carboxylic acid groups (broad SMARTS) is 1. The van der Waals surface area contributed by atoms with Crippen LogP contribution >= 0.6 is 11.8 Å². The summed E-state index contributed by atoms with van der Waals surface area (Å²) < 4.78 is 0. The van der Waals surface area contributed by atoms with Crippen LogP contribution in [0, 0.1) is 17.3 Å². The summed E-state index contributed by atoms with van der Waals surface area (Å²) in [4.78, 5) is 35.9. The fourth-order valence-corrected chi connectivity index (χ4v) is 6.02. The lowest BCUT2D eigenvalue weighted by molar-refractivity contribution is -0.149. The minimum Gasteiger partial charge on any atom is -0.481 e. The van der Waals surface area contributed by atoms with E-state index in [0.29, 0.717) is 30.3 Å². The van der Waals surface area contributed by atoms with Gasteiger partial charge in [0.2, 0.25) is 11.8 Å². The molecule has 8 nitrogen and oxygen atoms in total. The van der Waals surface area contributed by atoms with Crippen LogP contribution in [0.3, 0.4) is 0 Å².